The van der Waals surface area contributed by atoms with Gasteiger partial charge in [0.15, 0.2) is 5.82 Å². The van der Waals surface area contributed by atoms with Crippen molar-refractivity contribution >= 4 is 59.3 Å². The van der Waals surface area contributed by atoms with E-state index in [9.17, 15) is 78.6 Å². The normalized spacial score (nSPS) is 16.0. The first-order valence-corrected chi connectivity index (χ1v) is 31.6. The van der Waals surface area contributed by atoms with Gasteiger partial charge < -0.3 is 73.6 Å². The van der Waals surface area contributed by atoms with Crippen molar-refractivity contribution in [1.29, 1.82) is 0 Å². The molecule has 2 aromatic carbocycles. The highest BCUT2D eigenvalue weighted by molar-refractivity contribution is 5.95. The van der Waals surface area contributed by atoms with E-state index in [2.05, 4.69) is 41.7 Å². The van der Waals surface area contributed by atoms with Crippen LogP contribution in [0.25, 0.3) is 17.1 Å². The van der Waals surface area contributed by atoms with E-state index in [4.69, 9.17) is 11.5 Å². The van der Waals surface area contributed by atoms with Gasteiger partial charge in [-0.25, -0.2) is 0 Å². The van der Waals surface area contributed by atoms with Gasteiger partial charge in [-0.3, -0.25) is 77.0 Å². The van der Waals surface area contributed by atoms with Gasteiger partial charge in [0.2, 0.25) is 35.4 Å². The summed E-state index contributed by atoms with van der Waals surface area (Å²) >= 11 is 0. The van der Waals surface area contributed by atoms with Crippen molar-refractivity contribution < 1.29 is 78.6 Å². The van der Waals surface area contributed by atoms with Crippen molar-refractivity contribution in [3.05, 3.63) is 53.3 Å². The Morgan fingerprint density at radius 2 is 1.02 bits per heavy atom. The number of carbonyl (C=O) groups is 10. The summed E-state index contributed by atoms with van der Waals surface area (Å²) in [7, 11) is 0. The van der Waals surface area contributed by atoms with E-state index in [0.29, 0.717) is 82.7 Å². The fraction of sp³-hybridized carbons (Fsp3) is 0.607. The first-order chi connectivity index (χ1) is 44.4. The third-order valence-electron chi connectivity index (χ3n) is 16.0. The fourth-order valence-electron chi connectivity index (χ4n) is 10.9. The topological polar surface area (TPSA) is 454 Å². The summed E-state index contributed by atoms with van der Waals surface area (Å²) in [6.45, 7) is 8.32. The number of aliphatic carboxylic acids is 4. The summed E-state index contributed by atoms with van der Waals surface area (Å²) in [6, 6.07) is 6.45. The van der Waals surface area contributed by atoms with Gasteiger partial charge in [-0.2, -0.15) is 0 Å². The Hall–Kier alpha value is -8.40. The first-order valence-electron chi connectivity index (χ1n) is 31.6. The predicted molar refractivity (Wildman–Crippen MR) is 339 cm³/mol. The zero-order valence-electron chi connectivity index (χ0n) is 53.4. The van der Waals surface area contributed by atoms with Crippen LogP contribution in [0.5, 0.6) is 11.5 Å². The molecule has 93 heavy (non-hydrogen) atoms. The number of benzene rings is 2. The lowest BCUT2D eigenvalue weighted by Crippen LogP contribution is -2.57. The smallest absolute Gasteiger partial charge is 0.317 e. The van der Waals surface area contributed by atoms with Crippen molar-refractivity contribution in [2.75, 3.05) is 131 Å². The van der Waals surface area contributed by atoms with Crippen LogP contribution in [0.3, 0.4) is 0 Å². The van der Waals surface area contributed by atoms with E-state index in [1.54, 1.807) is 42.1 Å². The maximum atomic E-state index is 14.2. The molecule has 0 saturated carbocycles. The molecule has 3 aromatic rings. The SMILES string of the molecule is CCNC(=O)c1nnc(-c2cc(C(C)C)c(O)cc2O)n1-c1ccc(CN2CCN(C(=O)CCNC(=O)[C@@H](CCCCN)NC(=O)[C@@H](CCCCN)NC(=O)[C@@H](CCC(=O)O)NC(=O)CN3CCN(CC(=O)O)CCN(CC(=O)O)CCN(CC(=O)O)CC3)CC2)cc1. The van der Waals surface area contributed by atoms with Crippen LogP contribution in [0.2, 0.25) is 0 Å². The second-order valence-corrected chi connectivity index (χ2v) is 23.5. The molecule has 2 saturated heterocycles. The number of phenolic OH excluding ortho intramolecular Hbond substituents is 2. The zero-order chi connectivity index (χ0) is 68.1. The molecule has 0 unspecified atom stereocenters. The largest absolute Gasteiger partial charge is 0.508 e. The van der Waals surface area contributed by atoms with Gasteiger partial charge in [-0.05, 0) is 100 Å². The molecule has 3 heterocycles. The number of hydrogen-bond acceptors (Lipinski definition) is 21. The number of nitrogens with zero attached hydrogens (tertiary/aromatic N) is 9. The van der Waals surface area contributed by atoms with E-state index < -0.39 is 97.5 Å². The van der Waals surface area contributed by atoms with E-state index in [-0.39, 0.29) is 138 Å². The standard InChI is InChI=1S/C61H94N16O16/c1-4-64-61(93)57-70-69-56(44-33-43(40(2)3)48(78)34-49(44)79)77(57)42-13-11-41(12-14-42)35-71-29-31-76(32-30-71)51(81)17-20-65-58(90)45(9-5-7-18-62)67-59(91)46(10-6-8-19-63)68-60(92)47(15-16-52(82)83)66-50(80)36-72-21-23-73(37-53(84)85)25-27-75(39-55(88)89)28-26-74(24-22-72)38-54(86)87/h11-14,33-34,40,45-47,78-79H,4-10,15-32,35-39,62-63H2,1-3H3,(H,64,93)(H,65,90)(H,66,80)(H,67,91)(H,68,92)(H,82,83)(H,84,85)(H,86,87)(H,88,89)/t45-,46-,47-/m1/s1. The molecule has 5 rings (SSSR count). The lowest BCUT2D eigenvalue weighted by molar-refractivity contribution is -0.140. The average Bonchev–Trinajstić information content (AvgIpc) is 1.68. The molecule has 32 heteroatoms. The minimum Gasteiger partial charge on any atom is -0.508 e. The molecule has 3 atom stereocenters. The van der Waals surface area contributed by atoms with E-state index in [0.717, 1.165) is 5.56 Å². The van der Waals surface area contributed by atoms with Gasteiger partial charge >= 0.3 is 23.9 Å². The highest BCUT2D eigenvalue weighted by Gasteiger charge is 2.32. The van der Waals surface area contributed by atoms with Crippen LogP contribution < -0.4 is 38.1 Å². The highest BCUT2D eigenvalue weighted by Crippen LogP contribution is 2.38. The van der Waals surface area contributed by atoms with Crippen LogP contribution in [0, 0.1) is 0 Å². The number of carboxylic acids is 4. The van der Waals surface area contributed by atoms with Crippen LogP contribution >= 0.6 is 0 Å². The molecule has 32 nitrogen and oxygen atoms in total. The summed E-state index contributed by atoms with van der Waals surface area (Å²) in [5, 5.41) is 81.9. The van der Waals surface area contributed by atoms with Crippen LogP contribution in [0.4, 0.5) is 0 Å². The third kappa shape index (κ3) is 25.2. The Kier molecular flexibility index (Phi) is 31.2. The Labute approximate surface area is 540 Å². The van der Waals surface area contributed by atoms with Crippen molar-refractivity contribution in [1.82, 2.24) is 70.7 Å². The Morgan fingerprint density at radius 3 is 1.49 bits per heavy atom. The van der Waals surface area contributed by atoms with E-state index in [1.165, 1.54) is 6.07 Å². The summed E-state index contributed by atoms with van der Waals surface area (Å²) in [6.07, 6.45) is 0.952. The van der Waals surface area contributed by atoms with Crippen molar-refractivity contribution in [2.45, 2.75) is 109 Å². The second kappa shape index (κ2) is 38.6. The van der Waals surface area contributed by atoms with Crippen LogP contribution in [-0.4, -0.2) is 283 Å². The number of rotatable bonds is 35. The molecule has 0 aliphatic carbocycles. The maximum Gasteiger partial charge on any atom is 0.317 e. The first kappa shape index (κ1) is 75.3. The number of amides is 6. The minimum atomic E-state index is -1.48. The van der Waals surface area contributed by atoms with Crippen molar-refractivity contribution in [3.63, 3.8) is 0 Å². The molecule has 2 fully saturated rings. The summed E-state index contributed by atoms with van der Waals surface area (Å²) in [5.41, 5.74) is 13.9. The molecule has 514 valence electrons. The number of unbranched alkanes of at least 4 members (excludes halogenated alkanes) is 2. The molecule has 0 radical (unpaired) electrons. The number of nitrogens with one attached hydrogen (secondary N) is 5. The number of carbonyl (C=O) groups excluding carboxylic acids is 6. The minimum absolute atomic E-state index is 0.00490. The third-order valence-corrected chi connectivity index (χ3v) is 16.0. The molecule has 1 aromatic heterocycles. The lowest BCUT2D eigenvalue weighted by Gasteiger charge is -2.35. The summed E-state index contributed by atoms with van der Waals surface area (Å²) in [4.78, 5) is 140. The summed E-state index contributed by atoms with van der Waals surface area (Å²) in [5.74, 6) is -8.46. The van der Waals surface area contributed by atoms with Gasteiger partial charge in [-0.15, -0.1) is 10.2 Å². The Bertz CT molecular complexity index is 2960. The van der Waals surface area contributed by atoms with Crippen LogP contribution in [0.15, 0.2) is 36.4 Å². The summed E-state index contributed by atoms with van der Waals surface area (Å²) < 4.78 is 1.55. The number of aromatic hydroxyl groups is 2. The van der Waals surface area contributed by atoms with Crippen molar-refractivity contribution in [3.8, 4) is 28.6 Å². The van der Waals surface area contributed by atoms with Gasteiger partial charge in [0.05, 0.1) is 31.7 Å². The molecule has 6 amide bonds. The number of aromatic nitrogens is 3. The number of hydrogen-bond donors (Lipinski definition) is 13. The maximum absolute atomic E-state index is 14.2. The van der Waals surface area contributed by atoms with Crippen LogP contribution in [0.1, 0.15) is 106 Å². The average molecular weight is 1310 g/mol. The number of piperazine rings is 1. The molecular formula is C61H94N16O16. The van der Waals surface area contributed by atoms with Gasteiger partial charge in [0.1, 0.15) is 29.6 Å². The molecule has 2 aliphatic heterocycles. The van der Waals surface area contributed by atoms with Crippen LogP contribution in [-0.2, 0) is 49.7 Å². The molecule has 0 spiro atoms. The molecule has 0 bridgehead atoms. The predicted octanol–water partition coefficient (Wildman–Crippen LogP) is -1.58. The molecular weight excluding hydrogens is 1210 g/mol. The number of phenols is 2. The molecule has 15 N–H and O–H groups in total. The van der Waals surface area contributed by atoms with Gasteiger partial charge in [0.25, 0.3) is 5.91 Å². The van der Waals surface area contributed by atoms with E-state index >= 15 is 0 Å². The monoisotopic (exact) mass is 1310 g/mol. The molecule has 2 aliphatic rings. The van der Waals surface area contributed by atoms with Crippen molar-refractivity contribution in [2.24, 2.45) is 11.5 Å². The quantitative estimate of drug-likeness (QED) is 0.0296. The Morgan fingerprint density at radius 1 is 0.538 bits per heavy atom. The van der Waals surface area contributed by atoms with Gasteiger partial charge in [0, 0.05) is 123 Å². The fourth-order valence-corrected chi connectivity index (χ4v) is 10.9. The lowest BCUT2D eigenvalue weighted by atomic mass is 9.98. The van der Waals surface area contributed by atoms with E-state index in [1.807, 2.05) is 38.1 Å². The highest BCUT2D eigenvalue weighted by atomic mass is 16.4. The second-order valence-electron chi connectivity index (χ2n) is 23.5. The van der Waals surface area contributed by atoms with Gasteiger partial charge in [-0.1, -0.05) is 26.0 Å². The number of nitrogens with two attached hydrogens (primary N) is 2. The Balaban J connectivity index is 1.19. The zero-order valence-corrected chi connectivity index (χ0v) is 53.4. The number of carboxylic acid groups (broad SMARTS) is 4.